The average Bonchev–Trinajstić information content (AvgIpc) is 2.16. The highest BCUT2D eigenvalue weighted by Crippen LogP contribution is 2.29. The molecule has 1 aliphatic carbocycles. The fraction of sp³-hybridized carbons (Fsp3) is 0.417. The lowest BCUT2D eigenvalue weighted by molar-refractivity contribution is -0.114. The van der Waals surface area contributed by atoms with Gasteiger partial charge in [0.25, 0.3) is 0 Å². The summed E-state index contributed by atoms with van der Waals surface area (Å²) in [6, 6.07) is 2.99. The van der Waals surface area contributed by atoms with Crippen LogP contribution in [0.4, 0.5) is 10.1 Å². The van der Waals surface area contributed by atoms with Crippen molar-refractivity contribution in [3.05, 3.63) is 29.1 Å². The number of carbonyl (C=O) groups is 1. The van der Waals surface area contributed by atoms with Crippen LogP contribution in [0.3, 0.4) is 0 Å². The molecule has 1 aromatic rings. The summed E-state index contributed by atoms with van der Waals surface area (Å²) in [6.45, 7) is 1.44. The van der Waals surface area contributed by atoms with Crippen molar-refractivity contribution in [3.63, 3.8) is 0 Å². The van der Waals surface area contributed by atoms with Crippen LogP contribution >= 0.6 is 0 Å². The summed E-state index contributed by atoms with van der Waals surface area (Å²) in [7, 11) is 0. The van der Waals surface area contributed by atoms with Crippen LogP contribution in [-0.4, -0.2) is 5.91 Å². The van der Waals surface area contributed by atoms with Gasteiger partial charge in [-0.2, -0.15) is 0 Å². The second-order valence-electron chi connectivity index (χ2n) is 3.98. The van der Waals surface area contributed by atoms with Gasteiger partial charge in [0.1, 0.15) is 5.82 Å². The largest absolute Gasteiger partial charge is 0.326 e. The predicted molar refractivity (Wildman–Crippen MR) is 57.3 cm³/mol. The SMILES string of the molecule is CC(=O)Nc1cc(F)cc2c1CCCC2. The van der Waals surface area contributed by atoms with Gasteiger partial charge in [0.15, 0.2) is 0 Å². The zero-order chi connectivity index (χ0) is 10.8. The Kier molecular flexibility index (Phi) is 2.71. The van der Waals surface area contributed by atoms with Crippen molar-refractivity contribution >= 4 is 11.6 Å². The number of hydrogen-bond donors (Lipinski definition) is 1. The Hall–Kier alpha value is -1.38. The Morgan fingerprint density at radius 3 is 2.80 bits per heavy atom. The third-order valence-corrected chi connectivity index (χ3v) is 2.74. The maximum atomic E-state index is 13.3. The maximum absolute atomic E-state index is 13.3. The van der Waals surface area contributed by atoms with Crippen LogP contribution in [0.2, 0.25) is 0 Å². The van der Waals surface area contributed by atoms with Gasteiger partial charge in [-0.25, -0.2) is 4.39 Å². The highest BCUT2D eigenvalue weighted by Gasteiger charge is 2.15. The summed E-state index contributed by atoms with van der Waals surface area (Å²) < 4.78 is 13.3. The van der Waals surface area contributed by atoms with E-state index in [4.69, 9.17) is 0 Å². The maximum Gasteiger partial charge on any atom is 0.221 e. The smallest absolute Gasteiger partial charge is 0.221 e. The van der Waals surface area contributed by atoms with Crippen LogP contribution in [0.1, 0.15) is 30.9 Å². The molecule has 0 bridgehead atoms. The summed E-state index contributed by atoms with van der Waals surface area (Å²) >= 11 is 0. The van der Waals surface area contributed by atoms with E-state index in [9.17, 15) is 9.18 Å². The number of carbonyl (C=O) groups excluding carboxylic acids is 1. The van der Waals surface area contributed by atoms with E-state index in [1.54, 1.807) is 6.07 Å². The molecule has 0 spiro atoms. The van der Waals surface area contributed by atoms with Crippen LogP contribution in [0.15, 0.2) is 12.1 Å². The van der Waals surface area contributed by atoms with Gasteiger partial charge in [-0.15, -0.1) is 0 Å². The molecule has 2 rings (SSSR count). The molecule has 0 fully saturated rings. The summed E-state index contributed by atoms with van der Waals surface area (Å²) in [4.78, 5) is 11.0. The Morgan fingerprint density at radius 2 is 2.07 bits per heavy atom. The molecule has 3 heteroatoms. The zero-order valence-corrected chi connectivity index (χ0v) is 8.77. The third-order valence-electron chi connectivity index (χ3n) is 2.74. The molecule has 0 unspecified atom stereocenters. The van der Waals surface area contributed by atoms with Crippen LogP contribution in [0.25, 0.3) is 0 Å². The third kappa shape index (κ3) is 2.17. The lowest BCUT2D eigenvalue weighted by Gasteiger charge is -2.19. The number of hydrogen-bond acceptors (Lipinski definition) is 1. The minimum absolute atomic E-state index is 0.145. The first-order valence-electron chi connectivity index (χ1n) is 5.25. The first kappa shape index (κ1) is 10.1. The standard InChI is InChI=1S/C12H14FNO/c1-8(15)14-12-7-10(13)6-9-4-2-3-5-11(9)12/h6-7H,2-5H2,1H3,(H,14,15). The lowest BCUT2D eigenvalue weighted by Crippen LogP contribution is -2.12. The Balaban J connectivity index is 2.43. The summed E-state index contributed by atoms with van der Waals surface area (Å²) in [6.07, 6.45) is 4.08. The van der Waals surface area contributed by atoms with Gasteiger partial charge in [-0.3, -0.25) is 4.79 Å². The summed E-state index contributed by atoms with van der Waals surface area (Å²) in [5, 5.41) is 2.69. The molecule has 0 heterocycles. The number of fused-ring (bicyclic) bond motifs is 1. The number of amides is 1. The molecule has 0 atom stereocenters. The average molecular weight is 207 g/mol. The van der Waals surface area contributed by atoms with E-state index in [0.717, 1.165) is 36.8 Å². The molecule has 1 aliphatic rings. The van der Waals surface area contributed by atoms with E-state index in [1.165, 1.54) is 13.0 Å². The molecular weight excluding hydrogens is 193 g/mol. The Labute approximate surface area is 88.5 Å². The molecule has 1 amide bonds. The van der Waals surface area contributed by atoms with Crippen LogP contribution < -0.4 is 5.32 Å². The predicted octanol–water partition coefficient (Wildman–Crippen LogP) is 2.66. The van der Waals surface area contributed by atoms with Gasteiger partial charge >= 0.3 is 0 Å². The number of nitrogens with one attached hydrogen (secondary N) is 1. The van der Waals surface area contributed by atoms with Crippen molar-refractivity contribution in [1.29, 1.82) is 0 Å². The van der Waals surface area contributed by atoms with E-state index in [-0.39, 0.29) is 11.7 Å². The highest BCUT2D eigenvalue weighted by molar-refractivity contribution is 5.89. The van der Waals surface area contributed by atoms with Crippen LogP contribution in [0.5, 0.6) is 0 Å². The molecule has 0 radical (unpaired) electrons. The first-order valence-corrected chi connectivity index (χ1v) is 5.25. The van der Waals surface area contributed by atoms with Gasteiger partial charge < -0.3 is 5.32 Å². The van der Waals surface area contributed by atoms with Crippen molar-refractivity contribution in [1.82, 2.24) is 0 Å². The number of benzene rings is 1. The minimum Gasteiger partial charge on any atom is -0.326 e. The van der Waals surface area contributed by atoms with Gasteiger partial charge in [0.2, 0.25) is 5.91 Å². The molecule has 80 valence electrons. The number of halogens is 1. The van der Waals surface area contributed by atoms with Crippen molar-refractivity contribution in [2.24, 2.45) is 0 Å². The minimum atomic E-state index is -0.264. The van der Waals surface area contributed by atoms with Crippen molar-refractivity contribution in [3.8, 4) is 0 Å². The fourth-order valence-corrected chi connectivity index (χ4v) is 2.13. The molecule has 1 N–H and O–H groups in total. The molecule has 0 saturated heterocycles. The molecule has 0 aromatic heterocycles. The van der Waals surface area contributed by atoms with Crippen molar-refractivity contribution in [2.45, 2.75) is 32.6 Å². The van der Waals surface area contributed by atoms with E-state index in [1.807, 2.05) is 0 Å². The van der Waals surface area contributed by atoms with Crippen molar-refractivity contribution < 1.29 is 9.18 Å². The molecule has 0 saturated carbocycles. The van der Waals surface area contributed by atoms with Gasteiger partial charge in [-0.05, 0) is 48.9 Å². The van der Waals surface area contributed by atoms with E-state index >= 15 is 0 Å². The normalized spacial score (nSPS) is 14.5. The van der Waals surface area contributed by atoms with E-state index in [2.05, 4.69) is 5.32 Å². The summed E-state index contributed by atoms with van der Waals surface area (Å²) in [5.41, 5.74) is 2.81. The van der Waals surface area contributed by atoms with Crippen molar-refractivity contribution in [2.75, 3.05) is 5.32 Å². The molecule has 1 aromatic carbocycles. The van der Waals surface area contributed by atoms with Gasteiger partial charge in [-0.1, -0.05) is 0 Å². The Bertz CT molecular complexity index is 401. The topological polar surface area (TPSA) is 29.1 Å². The fourth-order valence-electron chi connectivity index (χ4n) is 2.13. The van der Waals surface area contributed by atoms with E-state index < -0.39 is 0 Å². The first-order chi connectivity index (χ1) is 7.16. The quantitative estimate of drug-likeness (QED) is 0.753. The van der Waals surface area contributed by atoms with Gasteiger partial charge in [0.05, 0.1) is 0 Å². The number of rotatable bonds is 1. The molecular formula is C12H14FNO. The molecule has 15 heavy (non-hydrogen) atoms. The van der Waals surface area contributed by atoms with Gasteiger partial charge in [0, 0.05) is 12.6 Å². The summed E-state index contributed by atoms with van der Waals surface area (Å²) in [5.74, 6) is -0.409. The monoisotopic (exact) mass is 207 g/mol. The molecule has 2 nitrogen and oxygen atoms in total. The highest BCUT2D eigenvalue weighted by atomic mass is 19.1. The zero-order valence-electron chi connectivity index (χ0n) is 8.77. The second kappa shape index (κ2) is 4.01. The van der Waals surface area contributed by atoms with E-state index in [0.29, 0.717) is 5.69 Å². The molecule has 0 aliphatic heterocycles. The Morgan fingerprint density at radius 1 is 1.33 bits per heavy atom. The number of aryl methyl sites for hydroxylation is 1. The lowest BCUT2D eigenvalue weighted by atomic mass is 9.90. The van der Waals surface area contributed by atoms with Crippen LogP contribution in [-0.2, 0) is 17.6 Å². The second-order valence-corrected chi connectivity index (χ2v) is 3.98. The van der Waals surface area contributed by atoms with Crippen LogP contribution in [0, 0.1) is 5.82 Å². The number of anilines is 1.